The largest absolute Gasteiger partial charge is 0.462 e. The van der Waals surface area contributed by atoms with Crippen LogP contribution in [0.2, 0.25) is 10.0 Å². The van der Waals surface area contributed by atoms with Crippen molar-refractivity contribution in [1.29, 1.82) is 0 Å². The van der Waals surface area contributed by atoms with E-state index in [-0.39, 0.29) is 24.9 Å². The van der Waals surface area contributed by atoms with Gasteiger partial charge >= 0.3 is 5.97 Å². The number of anilines is 1. The van der Waals surface area contributed by atoms with Crippen molar-refractivity contribution in [1.82, 2.24) is 4.90 Å². The highest BCUT2D eigenvalue weighted by Crippen LogP contribution is 2.37. The second kappa shape index (κ2) is 9.26. The first-order valence-electron chi connectivity index (χ1n) is 8.16. The summed E-state index contributed by atoms with van der Waals surface area (Å²) >= 11 is 13.4. The van der Waals surface area contributed by atoms with E-state index in [9.17, 15) is 9.59 Å². The van der Waals surface area contributed by atoms with Crippen LogP contribution in [0.1, 0.15) is 38.1 Å². The Hall–Kier alpha value is -1.31. The number of carbonyl (C=O) groups is 2. The van der Waals surface area contributed by atoms with Crippen LogP contribution < -0.4 is 5.32 Å². The number of thiophene rings is 1. The molecule has 1 N–H and O–H groups in total. The van der Waals surface area contributed by atoms with E-state index in [2.05, 4.69) is 10.2 Å². The molecule has 0 spiro atoms. The maximum atomic E-state index is 12.6. The van der Waals surface area contributed by atoms with Crippen molar-refractivity contribution in [3.63, 3.8) is 0 Å². The van der Waals surface area contributed by atoms with Gasteiger partial charge in [-0.3, -0.25) is 4.79 Å². The molecule has 0 bridgehead atoms. The van der Waals surface area contributed by atoms with Gasteiger partial charge in [-0.15, -0.1) is 23.7 Å². The van der Waals surface area contributed by atoms with Gasteiger partial charge in [0.25, 0.3) is 5.91 Å². The summed E-state index contributed by atoms with van der Waals surface area (Å²) in [7, 11) is 2.03. The van der Waals surface area contributed by atoms with E-state index < -0.39 is 5.97 Å². The number of ether oxygens (including phenoxy) is 1. The van der Waals surface area contributed by atoms with Crippen molar-refractivity contribution in [3.05, 3.63) is 49.8 Å². The normalized spacial score (nSPS) is 13.5. The zero-order chi connectivity index (χ0) is 18.8. The Kier molecular flexibility index (Phi) is 7.54. The highest BCUT2D eigenvalue weighted by molar-refractivity contribution is 7.17. The van der Waals surface area contributed by atoms with Crippen molar-refractivity contribution in [2.75, 3.05) is 25.5 Å². The molecule has 0 fully saturated rings. The molecule has 1 aromatic carbocycles. The van der Waals surface area contributed by atoms with Gasteiger partial charge in [0.05, 0.1) is 12.2 Å². The Morgan fingerprint density at radius 2 is 1.93 bits per heavy atom. The van der Waals surface area contributed by atoms with Crippen molar-refractivity contribution in [3.8, 4) is 0 Å². The van der Waals surface area contributed by atoms with Crippen molar-refractivity contribution < 1.29 is 14.3 Å². The summed E-state index contributed by atoms with van der Waals surface area (Å²) in [6, 6.07) is 4.63. The molecule has 0 unspecified atom stereocenters. The third-order valence-electron chi connectivity index (χ3n) is 4.08. The third kappa shape index (κ3) is 4.95. The van der Waals surface area contributed by atoms with Gasteiger partial charge in [0, 0.05) is 33.6 Å². The number of benzene rings is 1. The summed E-state index contributed by atoms with van der Waals surface area (Å²) < 4.78 is 5.21. The average Bonchev–Trinajstić information content (AvgIpc) is 2.90. The molecule has 9 heteroatoms. The Morgan fingerprint density at radius 3 is 2.56 bits per heavy atom. The molecule has 1 aromatic heterocycles. The molecule has 1 aliphatic heterocycles. The first-order chi connectivity index (χ1) is 12.4. The van der Waals surface area contributed by atoms with Crippen LogP contribution in [0.3, 0.4) is 0 Å². The van der Waals surface area contributed by atoms with Crippen molar-refractivity contribution >= 4 is 63.8 Å². The highest BCUT2D eigenvalue weighted by atomic mass is 35.5. The fraction of sp³-hybridized carbons (Fsp3) is 0.333. The van der Waals surface area contributed by atoms with Gasteiger partial charge in [0.15, 0.2) is 0 Å². The third-order valence-corrected chi connectivity index (χ3v) is 5.65. The van der Waals surface area contributed by atoms with Gasteiger partial charge < -0.3 is 15.0 Å². The van der Waals surface area contributed by atoms with Crippen LogP contribution in [0, 0.1) is 0 Å². The SMILES string of the molecule is CCOC(=O)c1c(NC(=O)c2cc(Cl)cc(Cl)c2)sc2c1CCN(C)C2.Cl. The van der Waals surface area contributed by atoms with E-state index in [1.165, 1.54) is 23.5 Å². The fourth-order valence-electron chi connectivity index (χ4n) is 2.90. The number of hydrogen-bond acceptors (Lipinski definition) is 5. The molecular formula is C18H19Cl3N2O3S. The average molecular weight is 450 g/mol. The van der Waals surface area contributed by atoms with Crippen LogP contribution >= 0.6 is 46.9 Å². The molecule has 2 heterocycles. The number of rotatable bonds is 4. The van der Waals surface area contributed by atoms with Crippen LogP contribution in [0.25, 0.3) is 0 Å². The summed E-state index contributed by atoms with van der Waals surface area (Å²) in [4.78, 5) is 28.4. The predicted molar refractivity (Wildman–Crippen MR) is 112 cm³/mol. The summed E-state index contributed by atoms with van der Waals surface area (Å²) in [5.74, 6) is -0.777. The Bertz CT molecular complexity index is 850. The lowest BCUT2D eigenvalue weighted by molar-refractivity contribution is 0.0526. The lowest BCUT2D eigenvalue weighted by atomic mass is 10.0. The van der Waals surface area contributed by atoms with Crippen LogP contribution in [-0.2, 0) is 17.7 Å². The van der Waals surface area contributed by atoms with Crippen molar-refractivity contribution in [2.45, 2.75) is 19.9 Å². The van der Waals surface area contributed by atoms with E-state index in [0.29, 0.717) is 26.2 Å². The summed E-state index contributed by atoms with van der Waals surface area (Å²) in [5, 5.41) is 4.09. The topological polar surface area (TPSA) is 58.6 Å². The van der Waals surface area contributed by atoms with E-state index in [1.807, 2.05) is 7.05 Å². The number of amides is 1. The lowest BCUT2D eigenvalue weighted by Crippen LogP contribution is -2.26. The number of nitrogens with one attached hydrogen (secondary N) is 1. The summed E-state index contributed by atoms with van der Waals surface area (Å²) in [5.41, 5.74) is 1.76. The monoisotopic (exact) mass is 448 g/mol. The van der Waals surface area contributed by atoms with Gasteiger partial charge in [-0.25, -0.2) is 4.79 Å². The molecular weight excluding hydrogens is 431 g/mol. The predicted octanol–water partition coefficient (Wildman–Crippen LogP) is 4.89. The second-order valence-corrected chi connectivity index (χ2v) is 8.01. The number of halogens is 3. The molecule has 0 saturated carbocycles. The quantitative estimate of drug-likeness (QED) is 0.675. The Labute approximate surface area is 178 Å². The number of hydrogen-bond donors (Lipinski definition) is 1. The number of carbonyl (C=O) groups excluding carboxylic acids is 2. The van der Waals surface area contributed by atoms with Gasteiger partial charge in [0.1, 0.15) is 5.00 Å². The molecule has 0 radical (unpaired) electrons. The Morgan fingerprint density at radius 1 is 1.26 bits per heavy atom. The number of nitrogens with zero attached hydrogens (tertiary/aromatic N) is 1. The van der Waals surface area contributed by atoms with Crippen LogP contribution in [0.15, 0.2) is 18.2 Å². The van der Waals surface area contributed by atoms with Crippen LogP contribution in [0.5, 0.6) is 0 Å². The molecule has 5 nitrogen and oxygen atoms in total. The van der Waals surface area contributed by atoms with Crippen LogP contribution in [0.4, 0.5) is 5.00 Å². The molecule has 2 aromatic rings. The first-order valence-corrected chi connectivity index (χ1v) is 9.74. The first kappa shape index (κ1) is 22.0. The number of esters is 1. The molecule has 0 atom stereocenters. The van der Waals surface area contributed by atoms with Gasteiger partial charge in [0.2, 0.25) is 0 Å². The van der Waals surface area contributed by atoms with Gasteiger partial charge in [-0.2, -0.15) is 0 Å². The standard InChI is InChI=1S/C18H18Cl2N2O3S.ClH/c1-3-25-18(24)15-13-4-5-22(2)9-14(13)26-17(15)21-16(23)10-6-11(19)8-12(20)7-10;/h6-8H,3-5,9H2,1-2H3,(H,21,23);1H. The summed E-state index contributed by atoms with van der Waals surface area (Å²) in [6.45, 7) is 3.63. The minimum absolute atomic E-state index is 0. The summed E-state index contributed by atoms with van der Waals surface area (Å²) in [6.07, 6.45) is 0.745. The van der Waals surface area contributed by atoms with Gasteiger partial charge in [-0.05, 0) is 44.2 Å². The van der Waals surface area contributed by atoms with E-state index >= 15 is 0 Å². The maximum Gasteiger partial charge on any atom is 0.341 e. The minimum Gasteiger partial charge on any atom is -0.462 e. The minimum atomic E-state index is -0.408. The second-order valence-electron chi connectivity index (χ2n) is 6.03. The molecule has 0 aliphatic carbocycles. The zero-order valence-corrected chi connectivity index (χ0v) is 17.9. The van der Waals surface area contributed by atoms with E-state index in [1.54, 1.807) is 13.0 Å². The molecule has 1 aliphatic rings. The number of fused-ring (bicyclic) bond motifs is 1. The van der Waals surface area contributed by atoms with Crippen LogP contribution in [-0.4, -0.2) is 37.0 Å². The molecule has 1 amide bonds. The highest BCUT2D eigenvalue weighted by Gasteiger charge is 2.28. The smallest absolute Gasteiger partial charge is 0.341 e. The maximum absolute atomic E-state index is 12.6. The Balaban J connectivity index is 0.00000261. The molecule has 27 heavy (non-hydrogen) atoms. The molecule has 3 rings (SSSR count). The lowest BCUT2D eigenvalue weighted by Gasteiger charge is -2.22. The van der Waals surface area contributed by atoms with Gasteiger partial charge in [-0.1, -0.05) is 23.2 Å². The molecule has 0 saturated heterocycles. The van der Waals surface area contributed by atoms with E-state index in [4.69, 9.17) is 27.9 Å². The van der Waals surface area contributed by atoms with E-state index in [0.717, 1.165) is 30.0 Å². The number of likely N-dealkylation sites (N-methyl/N-ethyl adjacent to an activating group) is 1. The zero-order valence-electron chi connectivity index (χ0n) is 14.8. The fourth-order valence-corrected chi connectivity index (χ4v) is 4.74. The van der Waals surface area contributed by atoms with Crippen molar-refractivity contribution in [2.24, 2.45) is 0 Å². The molecule has 146 valence electrons.